The van der Waals surface area contributed by atoms with Gasteiger partial charge in [-0.1, -0.05) is 26.2 Å². The molecule has 1 saturated carbocycles. The normalized spacial score (nSPS) is 24.2. The molecule has 1 atom stereocenters. The molecule has 2 N–H and O–H groups in total. The third-order valence-electron chi connectivity index (χ3n) is 3.25. The van der Waals surface area contributed by atoms with Crippen molar-refractivity contribution in [2.24, 2.45) is 5.73 Å². The van der Waals surface area contributed by atoms with E-state index in [4.69, 9.17) is 10.5 Å². The van der Waals surface area contributed by atoms with E-state index in [-0.39, 0.29) is 11.6 Å². The van der Waals surface area contributed by atoms with Gasteiger partial charge < -0.3 is 10.5 Å². The molecule has 0 amide bonds. The van der Waals surface area contributed by atoms with Crippen molar-refractivity contribution in [2.45, 2.75) is 64.0 Å². The molecule has 0 aromatic rings. The summed E-state index contributed by atoms with van der Waals surface area (Å²) in [7, 11) is 0. The number of hydrogen-bond donors (Lipinski definition) is 1. The zero-order valence-corrected chi connectivity index (χ0v) is 9.01. The van der Waals surface area contributed by atoms with Gasteiger partial charge in [0.1, 0.15) is 0 Å². The fraction of sp³-hybridized carbons (Fsp3) is 1.00. The minimum absolute atomic E-state index is 0.0156. The molecule has 0 saturated heterocycles. The molecule has 2 heteroatoms. The summed E-state index contributed by atoms with van der Waals surface area (Å²) in [5.74, 6) is 0. The van der Waals surface area contributed by atoms with Crippen LogP contribution in [0.25, 0.3) is 0 Å². The fourth-order valence-electron chi connectivity index (χ4n) is 2.43. The predicted molar refractivity (Wildman–Crippen MR) is 55.7 cm³/mol. The molecular weight excluding hydrogens is 162 g/mol. The van der Waals surface area contributed by atoms with Crippen molar-refractivity contribution in [2.75, 3.05) is 6.61 Å². The van der Waals surface area contributed by atoms with E-state index in [2.05, 4.69) is 13.8 Å². The first-order valence-electron chi connectivity index (χ1n) is 5.64. The van der Waals surface area contributed by atoms with Crippen molar-refractivity contribution >= 4 is 0 Å². The summed E-state index contributed by atoms with van der Waals surface area (Å²) >= 11 is 0. The lowest BCUT2D eigenvalue weighted by Crippen LogP contribution is -2.51. The third kappa shape index (κ3) is 2.44. The Morgan fingerprint density at radius 3 is 2.31 bits per heavy atom. The summed E-state index contributed by atoms with van der Waals surface area (Å²) in [6.45, 7) is 5.02. The molecule has 2 nitrogen and oxygen atoms in total. The highest BCUT2D eigenvalue weighted by Gasteiger charge is 2.37. The molecule has 0 aromatic carbocycles. The van der Waals surface area contributed by atoms with Crippen molar-refractivity contribution in [1.82, 2.24) is 0 Å². The van der Waals surface area contributed by atoms with E-state index in [1.54, 1.807) is 0 Å². The van der Waals surface area contributed by atoms with Gasteiger partial charge in [-0.15, -0.1) is 0 Å². The lowest BCUT2D eigenvalue weighted by atomic mass is 9.78. The van der Waals surface area contributed by atoms with Gasteiger partial charge in [0.05, 0.1) is 5.60 Å². The van der Waals surface area contributed by atoms with E-state index in [1.807, 2.05) is 0 Å². The van der Waals surface area contributed by atoms with Gasteiger partial charge in [-0.2, -0.15) is 0 Å². The van der Waals surface area contributed by atoms with Gasteiger partial charge >= 0.3 is 0 Å². The quantitative estimate of drug-likeness (QED) is 0.730. The van der Waals surface area contributed by atoms with Crippen LogP contribution < -0.4 is 5.73 Å². The number of rotatable bonds is 4. The smallest absolute Gasteiger partial charge is 0.0832 e. The van der Waals surface area contributed by atoms with E-state index >= 15 is 0 Å². The standard InChI is InChI=1S/C11H23NO/c1-3-10(12)11(13-4-2)8-6-5-7-9-11/h10H,3-9,12H2,1-2H3. The van der Waals surface area contributed by atoms with E-state index < -0.39 is 0 Å². The topological polar surface area (TPSA) is 35.2 Å². The lowest BCUT2D eigenvalue weighted by Gasteiger charge is -2.41. The summed E-state index contributed by atoms with van der Waals surface area (Å²) in [6, 6.07) is 0.229. The summed E-state index contributed by atoms with van der Waals surface area (Å²) in [5, 5.41) is 0. The second-order valence-corrected chi connectivity index (χ2v) is 4.07. The summed E-state index contributed by atoms with van der Waals surface area (Å²) in [6.07, 6.45) is 7.28. The van der Waals surface area contributed by atoms with Crippen LogP contribution in [-0.2, 0) is 4.74 Å². The molecule has 0 aromatic heterocycles. The Bertz CT molecular complexity index is 136. The van der Waals surface area contributed by atoms with Gasteiger partial charge in [-0.05, 0) is 26.2 Å². The molecule has 1 fully saturated rings. The highest BCUT2D eigenvalue weighted by atomic mass is 16.5. The molecule has 1 aliphatic carbocycles. The van der Waals surface area contributed by atoms with E-state index in [0.29, 0.717) is 0 Å². The van der Waals surface area contributed by atoms with Crippen LogP contribution >= 0.6 is 0 Å². The number of hydrogen-bond acceptors (Lipinski definition) is 2. The van der Waals surface area contributed by atoms with Crippen molar-refractivity contribution in [3.63, 3.8) is 0 Å². The van der Waals surface area contributed by atoms with Crippen molar-refractivity contribution in [1.29, 1.82) is 0 Å². The molecule has 78 valence electrons. The second-order valence-electron chi connectivity index (χ2n) is 4.07. The van der Waals surface area contributed by atoms with E-state index in [1.165, 1.54) is 19.3 Å². The minimum Gasteiger partial charge on any atom is -0.374 e. The molecule has 0 heterocycles. The Labute approximate surface area is 81.8 Å². The van der Waals surface area contributed by atoms with Crippen LogP contribution in [0.1, 0.15) is 52.4 Å². The average Bonchev–Trinajstić information content (AvgIpc) is 2.18. The Morgan fingerprint density at radius 2 is 1.85 bits per heavy atom. The monoisotopic (exact) mass is 185 g/mol. The summed E-state index contributed by atoms with van der Waals surface area (Å²) in [5.41, 5.74) is 6.16. The highest BCUT2D eigenvalue weighted by molar-refractivity contribution is 4.93. The number of nitrogens with two attached hydrogens (primary N) is 1. The SMILES string of the molecule is CCOC1(C(N)CC)CCCCC1. The maximum absolute atomic E-state index is 6.14. The predicted octanol–water partition coefficient (Wildman–Crippen LogP) is 2.46. The zero-order chi connectivity index (χ0) is 9.73. The molecule has 0 aliphatic heterocycles. The third-order valence-corrected chi connectivity index (χ3v) is 3.25. The first-order valence-corrected chi connectivity index (χ1v) is 5.64. The Kier molecular flexibility index (Phi) is 4.20. The molecular formula is C11H23NO. The van der Waals surface area contributed by atoms with Gasteiger partial charge in [-0.3, -0.25) is 0 Å². The molecule has 0 bridgehead atoms. The first-order chi connectivity index (χ1) is 6.25. The Morgan fingerprint density at radius 1 is 1.23 bits per heavy atom. The van der Waals surface area contributed by atoms with Gasteiger partial charge in [0.15, 0.2) is 0 Å². The van der Waals surface area contributed by atoms with Crippen molar-refractivity contribution in [3.8, 4) is 0 Å². The minimum atomic E-state index is 0.0156. The Balaban J connectivity index is 2.60. The van der Waals surface area contributed by atoms with Crippen LogP contribution in [0.5, 0.6) is 0 Å². The van der Waals surface area contributed by atoms with Gasteiger partial charge in [0.25, 0.3) is 0 Å². The largest absolute Gasteiger partial charge is 0.374 e. The molecule has 13 heavy (non-hydrogen) atoms. The van der Waals surface area contributed by atoms with Crippen LogP contribution in [0.4, 0.5) is 0 Å². The highest BCUT2D eigenvalue weighted by Crippen LogP contribution is 2.34. The maximum atomic E-state index is 6.14. The average molecular weight is 185 g/mol. The second kappa shape index (κ2) is 4.97. The zero-order valence-electron chi connectivity index (χ0n) is 9.01. The van der Waals surface area contributed by atoms with Gasteiger partial charge in [0.2, 0.25) is 0 Å². The molecule has 0 spiro atoms. The van der Waals surface area contributed by atoms with Crippen LogP contribution in [0, 0.1) is 0 Å². The lowest BCUT2D eigenvalue weighted by molar-refractivity contribution is -0.0824. The van der Waals surface area contributed by atoms with Crippen LogP contribution in [0.3, 0.4) is 0 Å². The van der Waals surface area contributed by atoms with E-state index in [0.717, 1.165) is 25.9 Å². The van der Waals surface area contributed by atoms with Crippen molar-refractivity contribution < 1.29 is 4.74 Å². The summed E-state index contributed by atoms with van der Waals surface area (Å²) in [4.78, 5) is 0. The fourth-order valence-corrected chi connectivity index (χ4v) is 2.43. The maximum Gasteiger partial charge on any atom is 0.0832 e. The molecule has 1 aliphatic rings. The number of ether oxygens (including phenoxy) is 1. The Hall–Kier alpha value is -0.0800. The van der Waals surface area contributed by atoms with Gasteiger partial charge in [-0.25, -0.2) is 0 Å². The van der Waals surface area contributed by atoms with Crippen molar-refractivity contribution in [3.05, 3.63) is 0 Å². The van der Waals surface area contributed by atoms with E-state index in [9.17, 15) is 0 Å². The molecule has 0 radical (unpaired) electrons. The molecule has 1 rings (SSSR count). The van der Waals surface area contributed by atoms with Crippen LogP contribution in [-0.4, -0.2) is 18.2 Å². The van der Waals surface area contributed by atoms with Crippen LogP contribution in [0.15, 0.2) is 0 Å². The van der Waals surface area contributed by atoms with Gasteiger partial charge in [0, 0.05) is 12.6 Å². The summed E-state index contributed by atoms with van der Waals surface area (Å²) < 4.78 is 5.90. The van der Waals surface area contributed by atoms with Crippen LogP contribution in [0.2, 0.25) is 0 Å². The molecule has 1 unspecified atom stereocenters. The first kappa shape index (κ1) is 11.0.